The summed E-state index contributed by atoms with van der Waals surface area (Å²) in [6.45, 7) is 3.64. The number of nitrogens with zero attached hydrogens (tertiary/aromatic N) is 2. The topological polar surface area (TPSA) is 58.1 Å². The molecule has 0 bridgehead atoms. The lowest BCUT2D eigenvalue weighted by molar-refractivity contribution is -0.130. The van der Waals surface area contributed by atoms with E-state index in [-0.39, 0.29) is 18.0 Å². The number of hydrogen-bond acceptors (Lipinski definition) is 4. The van der Waals surface area contributed by atoms with E-state index in [1.165, 1.54) is 4.57 Å². The summed E-state index contributed by atoms with van der Waals surface area (Å²) in [6.07, 6.45) is 2.96. The van der Waals surface area contributed by atoms with E-state index < -0.39 is 0 Å². The van der Waals surface area contributed by atoms with Gasteiger partial charge in [-0.05, 0) is 37.5 Å². The third-order valence-electron chi connectivity index (χ3n) is 3.82. The molecule has 3 heterocycles. The Bertz CT molecular complexity index is 797. The predicted molar refractivity (Wildman–Crippen MR) is 86.5 cm³/mol. The first kappa shape index (κ1) is 14.5. The molecule has 3 rings (SSSR count). The summed E-state index contributed by atoms with van der Waals surface area (Å²) < 4.78 is 1.70. The van der Waals surface area contributed by atoms with E-state index >= 15 is 0 Å². The van der Waals surface area contributed by atoms with Crippen LogP contribution in [0, 0.1) is 4.77 Å². The maximum atomic E-state index is 12.5. The fraction of sp³-hybridized carbons (Fsp3) is 0.500. The molecule has 0 atom stereocenters. The van der Waals surface area contributed by atoms with Crippen molar-refractivity contribution in [2.75, 3.05) is 13.1 Å². The monoisotopic (exact) mass is 323 g/mol. The second-order valence-corrected chi connectivity index (χ2v) is 6.74. The summed E-state index contributed by atoms with van der Waals surface area (Å²) in [6, 6.07) is 1.89. The van der Waals surface area contributed by atoms with Crippen LogP contribution in [-0.4, -0.2) is 33.4 Å². The number of carbonyl (C=O) groups is 1. The first-order valence-electron chi connectivity index (χ1n) is 7.13. The number of likely N-dealkylation sites (tertiary alicyclic amines) is 1. The Morgan fingerprint density at radius 3 is 2.81 bits per heavy atom. The molecule has 5 nitrogen and oxygen atoms in total. The van der Waals surface area contributed by atoms with E-state index in [1.54, 1.807) is 16.2 Å². The summed E-state index contributed by atoms with van der Waals surface area (Å²) in [7, 11) is 0. The molecule has 0 aliphatic carbocycles. The largest absolute Gasteiger partial charge is 0.341 e. The maximum Gasteiger partial charge on any atom is 0.263 e. The number of H-pyrrole nitrogens is 1. The lowest BCUT2D eigenvalue weighted by Crippen LogP contribution is -2.35. The van der Waals surface area contributed by atoms with Crippen molar-refractivity contribution >= 4 is 39.7 Å². The van der Waals surface area contributed by atoms with Gasteiger partial charge in [0, 0.05) is 18.0 Å². The third kappa shape index (κ3) is 2.67. The predicted octanol–water partition coefficient (Wildman–Crippen LogP) is 2.31. The van der Waals surface area contributed by atoms with Crippen molar-refractivity contribution < 1.29 is 4.79 Å². The van der Waals surface area contributed by atoms with E-state index in [9.17, 15) is 9.59 Å². The zero-order valence-corrected chi connectivity index (χ0v) is 13.5. The molecule has 1 saturated heterocycles. The van der Waals surface area contributed by atoms with E-state index in [0.717, 1.165) is 42.1 Å². The average Bonchev–Trinajstić information content (AvgIpc) is 3.11. The van der Waals surface area contributed by atoms with E-state index in [1.807, 2.05) is 6.07 Å². The van der Waals surface area contributed by atoms with Crippen LogP contribution in [0.2, 0.25) is 0 Å². The summed E-state index contributed by atoms with van der Waals surface area (Å²) in [5.41, 5.74) is -0.169. The normalized spacial score (nSPS) is 15.0. The molecular formula is C14H17N3O2S2. The Morgan fingerprint density at radius 1 is 1.43 bits per heavy atom. The Hall–Kier alpha value is -1.47. The maximum absolute atomic E-state index is 12.5. The van der Waals surface area contributed by atoms with Gasteiger partial charge in [0.15, 0.2) is 4.77 Å². The van der Waals surface area contributed by atoms with Gasteiger partial charge in [-0.3, -0.25) is 14.2 Å². The Kier molecular flexibility index (Phi) is 3.95. The fourth-order valence-corrected chi connectivity index (χ4v) is 3.92. The van der Waals surface area contributed by atoms with Gasteiger partial charge in [0.1, 0.15) is 11.4 Å². The van der Waals surface area contributed by atoms with E-state index in [2.05, 4.69) is 11.9 Å². The molecular weight excluding hydrogens is 306 g/mol. The summed E-state index contributed by atoms with van der Waals surface area (Å²) in [5.74, 6) is -0.0283. The van der Waals surface area contributed by atoms with Gasteiger partial charge >= 0.3 is 0 Å². The molecule has 21 heavy (non-hydrogen) atoms. The quantitative estimate of drug-likeness (QED) is 0.882. The van der Waals surface area contributed by atoms with Gasteiger partial charge in [0.05, 0.1) is 5.39 Å². The van der Waals surface area contributed by atoms with E-state index in [4.69, 9.17) is 12.2 Å². The molecule has 0 aromatic carbocycles. The molecule has 1 fully saturated rings. The van der Waals surface area contributed by atoms with Crippen LogP contribution in [0.25, 0.3) is 10.2 Å². The number of thiophene rings is 1. The standard InChI is InChI=1S/C14H17N3O2S2/c1-2-9-7-10-12(21-9)15-14(20)17(13(10)19)8-11(18)16-5-3-4-6-16/h7H,2-6,8H2,1H3,(H,15,20). The summed E-state index contributed by atoms with van der Waals surface area (Å²) in [4.78, 5) is 31.6. The Labute approximate surface area is 131 Å². The highest BCUT2D eigenvalue weighted by molar-refractivity contribution is 7.71. The van der Waals surface area contributed by atoms with Crippen molar-refractivity contribution in [1.82, 2.24) is 14.5 Å². The van der Waals surface area contributed by atoms with Gasteiger partial charge in [-0.2, -0.15) is 0 Å². The van der Waals surface area contributed by atoms with Crippen LogP contribution in [0.1, 0.15) is 24.6 Å². The van der Waals surface area contributed by atoms with Gasteiger partial charge in [0.25, 0.3) is 5.56 Å². The van der Waals surface area contributed by atoms with Crippen molar-refractivity contribution in [2.45, 2.75) is 32.7 Å². The van der Waals surface area contributed by atoms with Crippen LogP contribution < -0.4 is 5.56 Å². The minimum atomic E-state index is -0.169. The highest BCUT2D eigenvalue weighted by atomic mass is 32.1. The Morgan fingerprint density at radius 2 is 2.14 bits per heavy atom. The van der Waals surface area contributed by atoms with Gasteiger partial charge in [-0.25, -0.2) is 0 Å². The molecule has 1 aliphatic rings. The second kappa shape index (κ2) is 5.73. The molecule has 1 amide bonds. The molecule has 2 aromatic heterocycles. The van der Waals surface area contributed by atoms with Gasteiger partial charge in [-0.15, -0.1) is 11.3 Å². The molecule has 2 aromatic rings. The van der Waals surface area contributed by atoms with Crippen molar-refractivity contribution in [3.63, 3.8) is 0 Å². The molecule has 1 N–H and O–H groups in total. The molecule has 0 saturated carbocycles. The average molecular weight is 323 g/mol. The van der Waals surface area contributed by atoms with Gasteiger partial charge in [-0.1, -0.05) is 6.92 Å². The third-order valence-corrected chi connectivity index (χ3v) is 5.34. The molecule has 0 unspecified atom stereocenters. The SMILES string of the molecule is CCc1cc2c(=O)n(CC(=O)N3CCCC3)c(=S)[nH]c2s1. The van der Waals surface area contributed by atoms with Crippen molar-refractivity contribution in [3.8, 4) is 0 Å². The Balaban J connectivity index is 1.99. The van der Waals surface area contributed by atoms with Crippen molar-refractivity contribution in [2.24, 2.45) is 0 Å². The number of rotatable bonds is 3. The molecule has 0 radical (unpaired) electrons. The number of hydrogen-bond donors (Lipinski definition) is 1. The lowest BCUT2D eigenvalue weighted by atomic mass is 10.3. The number of fused-ring (bicyclic) bond motifs is 1. The number of aromatic nitrogens is 2. The number of carbonyl (C=O) groups excluding carboxylic acids is 1. The van der Waals surface area contributed by atoms with Crippen LogP contribution in [0.4, 0.5) is 0 Å². The zero-order valence-electron chi connectivity index (χ0n) is 11.8. The van der Waals surface area contributed by atoms with Crippen LogP contribution in [0.15, 0.2) is 10.9 Å². The first-order chi connectivity index (χ1) is 10.1. The highest BCUT2D eigenvalue weighted by Gasteiger charge is 2.19. The molecule has 0 spiro atoms. The molecule has 112 valence electrons. The van der Waals surface area contributed by atoms with Gasteiger partial charge in [0.2, 0.25) is 5.91 Å². The van der Waals surface area contributed by atoms with Gasteiger partial charge < -0.3 is 9.88 Å². The number of amides is 1. The van der Waals surface area contributed by atoms with Crippen LogP contribution >= 0.6 is 23.6 Å². The van der Waals surface area contributed by atoms with Crippen molar-refractivity contribution in [3.05, 3.63) is 26.1 Å². The second-order valence-electron chi connectivity index (χ2n) is 5.22. The first-order valence-corrected chi connectivity index (χ1v) is 8.36. The summed E-state index contributed by atoms with van der Waals surface area (Å²) in [5, 5.41) is 0.625. The molecule has 7 heteroatoms. The van der Waals surface area contributed by atoms with E-state index in [0.29, 0.717) is 10.2 Å². The fourth-order valence-electron chi connectivity index (χ4n) is 2.62. The molecule has 1 aliphatic heterocycles. The lowest BCUT2D eigenvalue weighted by Gasteiger charge is -2.15. The number of nitrogens with one attached hydrogen (secondary N) is 1. The minimum Gasteiger partial charge on any atom is -0.341 e. The minimum absolute atomic E-state index is 0.0283. The smallest absolute Gasteiger partial charge is 0.263 e. The highest BCUT2D eigenvalue weighted by Crippen LogP contribution is 2.21. The zero-order chi connectivity index (χ0) is 15.0. The summed E-state index contributed by atoms with van der Waals surface area (Å²) >= 11 is 6.80. The van der Waals surface area contributed by atoms with Crippen LogP contribution in [-0.2, 0) is 17.8 Å². The number of aryl methyl sites for hydroxylation is 1. The number of aromatic amines is 1. The van der Waals surface area contributed by atoms with Crippen LogP contribution in [0.3, 0.4) is 0 Å². The van der Waals surface area contributed by atoms with Crippen LogP contribution in [0.5, 0.6) is 0 Å². The van der Waals surface area contributed by atoms with Crippen molar-refractivity contribution in [1.29, 1.82) is 0 Å².